The smallest absolute Gasteiger partial charge is 0.164 e. The highest BCUT2D eigenvalue weighted by molar-refractivity contribution is 5.45. The Morgan fingerprint density at radius 2 is 1.33 bits per heavy atom. The molecule has 7 nitrogen and oxygen atoms in total. The second-order valence-corrected chi connectivity index (χ2v) is 6.01. The number of methoxy groups -OCH3 is 3. The zero-order chi connectivity index (χ0) is 19.7. The van der Waals surface area contributed by atoms with Crippen molar-refractivity contribution in [1.82, 2.24) is 4.90 Å². The van der Waals surface area contributed by atoms with E-state index < -0.39 is 0 Å². The van der Waals surface area contributed by atoms with Gasteiger partial charge in [0.05, 0.1) is 46.8 Å². The molecular formula is C20H35NO6. The van der Waals surface area contributed by atoms with Crippen molar-refractivity contribution in [3.05, 3.63) is 23.8 Å². The van der Waals surface area contributed by atoms with Crippen LogP contribution < -0.4 is 9.47 Å². The molecular weight excluding hydrogens is 350 g/mol. The van der Waals surface area contributed by atoms with Gasteiger partial charge in [-0.15, -0.1) is 0 Å². The van der Waals surface area contributed by atoms with Crippen LogP contribution in [0.2, 0.25) is 0 Å². The van der Waals surface area contributed by atoms with E-state index in [1.54, 1.807) is 21.3 Å². The molecule has 0 fully saturated rings. The molecule has 0 spiro atoms. The SMILES string of the molecule is COCCN(CCOC)CCOCCOCCOc1c(C)cccc1OC. The van der Waals surface area contributed by atoms with Crippen molar-refractivity contribution >= 4 is 0 Å². The molecule has 0 aliphatic carbocycles. The van der Waals surface area contributed by atoms with E-state index in [1.165, 1.54) is 0 Å². The predicted molar refractivity (Wildman–Crippen MR) is 105 cm³/mol. The van der Waals surface area contributed by atoms with Gasteiger partial charge in [0.15, 0.2) is 11.5 Å². The number of aryl methyl sites for hydroxylation is 1. The number of rotatable bonds is 17. The van der Waals surface area contributed by atoms with Crippen LogP contribution >= 0.6 is 0 Å². The molecule has 0 aromatic heterocycles. The van der Waals surface area contributed by atoms with E-state index in [9.17, 15) is 0 Å². The van der Waals surface area contributed by atoms with E-state index in [-0.39, 0.29) is 0 Å². The first-order valence-electron chi connectivity index (χ1n) is 9.35. The molecule has 1 aromatic rings. The maximum absolute atomic E-state index is 5.77. The minimum absolute atomic E-state index is 0.475. The fraction of sp³-hybridized carbons (Fsp3) is 0.700. The van der Waals surface area contributed by atoms with E-state index in [4.69, 9.17) is 28.4 Å². The molecule has 0 atom stereocenters. The number of nitrogens with zero attached hydrogens (tertiary/aromatic N) is 1. The summed E-state index contributed by atoms with van der Waals surface area (Å²) in [5.41, 5.74) is 1.05. The van der Waals surface area contributed by atoms with Crippen LogP contribution in [0.25, 0.3) is 0 Å². The van der Waals surface area contributed by atoms with E-state index >= 15 is 0 Å². The van der Waals surface area contributed by atoms with Crippen LogP contribution in [0.3, 0.4) is 0 Å². The molecule has 1 rings (SSSR count). The summed E-state index contributed by atoms with van der Waals surface area (Å²) in [7, 11) is 5.06. The van der Waals surface area contributed by atoms with Crippen LogP contribution in [0.15, 0.2) is 18.2 Å². The van der Waals surface area contributed by atoms with E-state index in [1.807, 2.05) is 25.1 Å². The largest absolute Gasteiger partial charge is 0.493 e. The Bertz CT molecular complexity index is 478. The lowest BCUT2D eigenvalue weighted by Crippen LogP contribution is -2.33. The number of ether oxygens (including phenoxy) is 6. The highest BCUT2D eigenvalue weighted by Crippen LogP contribution is 2.30. The highest BCUT2D eigenvalue weighted by Gasteiger charge is 2.07. The topological polar surface area (TPSA) is 58.6 Å². The average molecular weight is 386 g/mol. The van der Waals surface area contributed by atoms with Crippen molar-refractivity contribution in [3.63, 3.8) is 0 Å². The van der Waals surface area contributed by atoms with Crippen LogP contribution in [0.4, 0.5) is 0 Å². The first-order valence-corrected chi connectivity index (χ1v) is 9.35. The summed E-state index contributed by atoms with van der Waals surface area (Å²) in [6, 6.07) is 5.83. The zero-order valence-corrected chi connectivity index (χ0v) is 17.2. The van der Waals surface area contributed by atoms with Gasteiger partial charge < -0.3 is 28.4 Å². The van der Waals surface area contributed by atoms with Crippen LogP contribution in [0, 0.1) is 6.92 Å². The van der Waals surface area contributed by atoms with Gasteiger partial charge in [0.2, 0.25) is 0 Å². The molecule has 0 radical (unpaired) electrons. The van der Waals surface area contributed by atoms with Gasteiger partial charge in [-0.05, 0) is 18.6 Å². The number of benzene rings is 1. The summed E-state index contributed by atoms with van der Waals surface area (Å²) in [5.74, 6) is 1.51. The van der Waals surface area contributed by atoms with Crippen molar-refractivity contribution in [1.29, 1.82) is 0 Å². The van der Waals surface area contributed by atoms with Gasteiger partial charge in [0, 0.05) is 33.9 Å². The number of hydrogen-bond donors (Lipinski definition) is 0. The lowest BCUT2D eigenvalue weighted by Gasteiger charge is -2.21. The van der Waals surface area contributed by atoms with Gasteiger partial charge in [-0.1, -0.05) is 12.1 Å². The number of hydrogen-bond acceptors (Lipinski definition) is 7. The summed E-state index contributed by atoms with van der Waals surface area (Å²) in [5, 5.41) is 0. The van der Waals surface area contributed by atoms with Crippen molar-refractivity contribution in [2.24, 2.45) is 0 Å². The lowest BCUT2D eigenvalue weighted by molar-refractivity contribution is 0.0241. The molecule has 156 valence electrons. The first-order chi connectivity index (χ1) is 13.2. The van der Waals surface area contributed by atoms with Crippen molar-refractivity contribution < 1.29 is 28.4 Å². The second kappa shape index (κ2) is 15.7. The van der Waals surface area contributed by atoms with Gasteiger partial charge in [-0.2, -0.15) is 0 Å². The number of para-hydroxylation sites is 1. The third-order valence-corrected chi connectivity index (χ3v) is 4.02. The summed E-state index contributed by atoms with van der Waals surface area (Å²) in [6.07, 6.45) is 0. The van der Waals surface area contributed by atoms with Gasteiger partial charge in [0.25, 0.3) is 0 Å². The van der Waals surface area contributed by atoms with Gasteiger partial charge >= 0.3 is 0 Å². The highest BCUT2D eigenvalue weighted by atomic mass is 16.6. The molecule has 0 heterocycles. The lowest BCUT2D eigenvalue weighted by atomic mass is 10.2. The van der Waals surface area contributed by atoms with Gasteiger partial charge in [-0.25, -0.2) is 0 Å². The molecule has 0 saturated carbocycles. The Balaban J connectivity index is 2.07. The van der Waals surface area contributed by atoms with Gasteiger partial charge in [0.1, 0.15) is 6.61 Å². The third kappa shape index (κ3) is 10.5. The molecule has 0 aliphatic heterocycles. The molecule has 27 heavy (non-hydrogen) atoms. The zero-order valence-electron chi connectivity index (χ0n) is 17.2. The van der Waals surface area contributed by atoms with Crippen LogP contribution in [0.5, 0.6) is 11.5 Å². The fourth-order valence-electron chi connectivity index (χ4n) is 2.47. The Morgan fingerprint density at radius 1 is 0.741 bits per heavy atom. The molecule has 0 aliphatic rings. The molecule has 1 aromatic carbocycles. The summed E-state index contributed by atoms with van der Waals surface area (Å²) in [4.78, 5) is 2.26. The minimum atomic E-state index is 0.475. The Labute approximate surface area is 163 Å². The van der Waals surface area contributed by atoms with Gasteiger partial charge in [-0.3, -0.25) is 4.90 Å². The predicted octanol–water partition coefficient (Wildman–Crippen LogP) is 2.01. The quantitative estimate of drug-likeness (QED) is 0.380. The van der Waals surface area contributed by atoms with Crippen molar-refractivity contribution in [2.45, 2.75) is 6.92 Å². The average Bonchev–Trinajstić information content (AvgIpc) is 2.68. The van der Waals surface area contributed by atoms with Crippen LogP contribution in [-0.2, 0) is 18.9 Å². The van der Waals surface area contributed by atoms with Crippen molar-refractivity contribution in [3.8, 4) is 11.5 Å². The monoisotopic (exact) mass is 385 g/mol. The van der Waals surface area contributed by atoms with Crippen molar-refractivity contribution in [2.75, 3.05) is 87.2 Å². The summed E-state index contributed by atoms with van der Waals surface area (Å²) >= 11 is 0. The molecule has 0 saturated heterocycles. The fourth-order valence-corrected chi connectivity index (χ4v) is 2.47. The normalized spacial score (nSPS) is 11.1. The van der Waals surface area contributed by atoms with E-state index in [2.05, 4.69) is 4.90 Å². The summed E-state index contributed by atoms with van der Waals surface area (Å²) < 4.78 is 32.5. The minimum Gasteiger partial charge on any atom is -0.493 e. The molecule has 0 N–H and O–H groups in total. The Morgan fingerprint density at radius 3 is 1.96 bits per heavy atom. The Kier molecular flexibility index (Phi) is 13.7. The standard InChI is InChI=1S/C20H35NO6/c1-18-6-5-7-19(24-4)20(18)27-17-16-26-15-14-25-13-10-21(8-11-22-2)9-12-23-3/h5-7H,8-17H2,1-4H3. The molecule has 7 heteroatoms. The Hall–Kier alpha value is -1.38. The maximum atomic E-state index is 5.77. The third-order valence-electron chi connectivity index (χ3n) is 4.02. The van der Waals surface area contributed by atoms with E-state index in [0.717, 1.165) is 36.7 Å². The summed E-state index contributed by atoms with van der Waals surface area (Å²) in [6.45, 7) is 8.76. The molecule has 0 unspecified atom stereocenters. The first kappa shape index (κ1) is 23.7. The van der Waals surface area contributed by atoms with Crippen LogP contribution in [-0.4, -0.2) is 92.1 Å². The maximum Gasteiger partial charge on any atom is 0.164 e. The van der Waals surface area contributed by atoms with Crippen LogP contribution in [0.1, 0.15) is 5.56 Å². The molecule has 0 amide bonds. The second-order valence-electron chi connectivity index (χ2n) is 6.01. The molecule has 0 bridgehead atoms. The van der Waals surface area contributed by atoms with E-state index in [0.29, 0.717) is 46.2 Å².